The summed E-state index contributed by atoms with van der Waals surface area (Å²) in [6.45, 7) is 5.89. The molecule has 0 aliphatic heterocycles. The molecule has 0 unspecified atom stereocenters. The van der Waals surface area contributed by atoms with Gasteiger partial charge in [-0.25, -0.2) is 4.98 Å². The quantitative estimate of drug-likeness (QED) is 0.731. The molecule has 2 heterocycles. The lowest BCUT2D eigenvalue weighted by Crippen LogP contribution is -2.12. The minimum atomic E-state index is -0.0924. The lowest BCUT2D eigenvalue weighted by atomic mass is 10.1. The van der Waals surface area contributed by atoms with Crippen LogP contribution in [-0.2, 0) is 0 Å². The molecule has 112 valence electrons. The molecule has 0 spiro atoms. The van der Waals surface area contributed by atoms with E-state index in [1.54, 1.807) is 11.3 Å². The van der Waals surface area contributed by atoms with Gasteiger partial charge in [0.1, 0.15) is 9.88 Å². The number of rotatable bonds is 3. The van der Waals surface area contributed by atoms with Crippen molar-refractivity contribution in [1.82, 2.24) is 4.98 Å². The molecular weight excluding hydrogens is 312 g/mol. The van der Waals surface area contributed by atoms with Crippen LogP contribution in [0.1, 0.15) is 26.5 Å². The summed E-state index contributed by atoms with van der Waals surface area (Å²) < 4.78 is 0. The first-order valence-corrected chi connectivity index (χ1v) is 8.69. The zero-order valence-electron chi connectivity index (χ0n) is 12.6. The Morgan fingerprint density at radius 1 is 1.18 bits per heavy atom. The number of thiophene rings is 1. The van der Waals surface area contributed by atoms with E-state index in [0.29, 0.717) is 4.88 Å². The molecule has 0 aliphatic carbocycles. The van der Waals surface area contributed by atoms with Crippen molar-refractivity contribution < 1.29 is 4.79 Å². The van der Waals surface area contributed by atoms with Crippen LogP contribution in [0, 0.1) is 20.8 Å². The molecule has 1 aromatic carbocycles. The largest absolute Gasteiger partial charge is 0.321 e. The summed E-state index contributed by atoms with van der Waals surface area (Å²) in [5.41, 5.74) is 4.88. The Kier molecular flexibility index (Phi) is 4.09. The first-order chi connectivity index (χ1) is 10.5. The second kappa shape index (κ2) is 6.02. The Morgan fingerprint density at radius 2 is 2.00 bits per heavy atom. The highest BCUT2D eigenvalue weighted by atomic mass is 32.1. The summed E-state index contributed by atoms with van der Waals surface area (Å²) in [5.74, 6) is -0.0924. The first-order valence-electron chi connectivity index (χ1n) is 6.93. The van der Waals surface area contributed by atoms with Gasteiger partial charge in [-0.1, -0.05) is 12.1 Å². The Morgan fingerprint density at radius 3 is 2.73 bits per heavy atom. The Hall–Kier alpha value is -1.98. The highest BCUT2D eigenvalue weighted by Gasteiger charge is 2.17. The van der Waals surface area contributed by atoms with Crippen molar-refractivity contribution in [3.63, 3.8) is 0 Å². The van der Waals surface area contributed by atoms with Gasteiger partial charge in [0.25, 0.3) is 5.91 Å². The molecule has 3 nitrogen and oxygen atoms in total. The molecular formula is C17H16N2OS2. The van der Waals surface area contributed by atoms with Crippen LogP contribution in [0.15, 0.2) is 35.0 Å². The highest BCUT2D eigenvalue weighted by molar-refractivity contribution is 7.17. The van der Waals surface area contributed by atoms with Crippen LogP contribution < -0.4 is 5.32 Å². The third-order valence-corrected chi connectivity index (χ3v) is 5.30. The van der Waals surface area contributed by atoms with E-state index >= 15 is 0 Å². The Balaban J connectivity index is 1.88. The third kappa shape index (κ3) is 2.96. The number of thiazole rings is 1. The summed E-state index contributed by atoms with van der Waals surface area (Å²) in [6.07, 6.45) is 0. The van der Waals surface area contributed by atoms with Gasteiger partial charge in [0.15, 0.2) is 0 Å². The summed E-state index contributed by atoms with van der Waals surface area (Å²) in [7, 11) is 0. The molecule has 5 heteroatoms. The van der Waals surface area contributed by atoms with Gasteiger partial charge in [0.2, 0.25) is 0 Å². The van der Waals surface area contributed by atoms with Crippen molar-refractivity contribution in [3.05, 3.63) is 56.7 Å². The molecule has 1 amide bonds. The average molecular weight is 328 g/mol. The maximum atomic E-state index is 12.5. The smallest absolute Gasteiger partial charge is 0.267 e. The van der Waals surface area contributed by atoms with E-state index in [2.05, 4.69) is 10.3 Å². The molecule has 2 aromatic heterocycles. The standard InChI is InChI=1S/C17H16N2OS2/c1-10-4-5-11(2)14(8-10)19-16(20)15-12(3)18-17(22-15)13-6-7-21-9-13/h4-9H,1-3H3,(H,19,20). The van der Waals surface area contributed by atoms with Gasteiger partial charge in [0, 0.05) is 16.6 Å². The van der Waals surface area contributed by atoms with Gasteiger partial charge in [-0.2, -0.15) is 11.3 Å². The van der Waals surface area contributed by atoms with Crippen LogP contribution >= 0.6 is 22.7 Å². The van der Waals surface area contributed by atoms with Gasteiger partial charge < -0.3 is 5.32 Å². The number of carbonyl (C=O) groups is 1. The van der Waals surface area contributed by atoms with Crippen LogP contribution in [0.5, 0.6) is 0 Å². The molecule has 0 fully saturated rings. The van der Waals surface area contributed by atoms with Crippen molar-refractivity contribution in [1.29, 1.82) is 0 Å². The van der Waals surface area contributed by atoms with Gasteiger partial charge in [-0.3, -0.25) is 4.79 Å². The highest BCUT2D eigenvalue weighted by Crippen LogP contribution is 2.30. The van der Waals surface area contributed by atoms with E-state index in [-0.39, 0.29) is 5.91 Å². The molecule has 22 heavy (non-hydrogen) atoms. The maximum absolute atomic E-state index is 12.5. The first kappa shape index (κ1) is 14.9. The van der Waals surface area contributed by atoms with Crippen LogP contribution in [-0.4, -0.2) is 10.9 Å². The third-order valence-electron chi connectivity index (χ3n) is 3.41. The number of amides is 1. The van der Waals surface area contributed by atoms with E-state index in [0.717, 1.165) is 33.1 Å². The van der Waals surface area contributed by atoms with Gasteiger partial charge in [-0.05, 0) is 49.4 Å². The molecule has 0 saturated heterocycles. The van der Waals surface area contributed by atoms with Gasteiger partial charge >= 0.3 is 0 Å². The van der Waals surface area contributed by atoms with Crippen molar-refractivity contribution >= 4 is 34.3 Å². The van der Waals surface area contributed by atoms with Gasteiger partial charge in [-0.15, -0.1) is 11.3 Å². The lowest BCUT2D eigenvalue weighted by Gasteiger charge is -2.08. The second-order valence-corrected chi connectivity index (χ2v) is 7.00. The molecule has 0 radical (unpaired) electrons. The van der Waals surface area contributed by atoms with E-state index in [9.17, 15) is 4.79 Å². The Bertz CT molecular complexity index is 819. The number of anilines is 1. The molecule has 3 rings (SSSR count). The zero-order chi connectivity index (χ0) is 15.7. The minimum Gasteiger partial charge on any atom is -0.321 e. The van der Waals surface area contributed by atoms with Crippen molar-refractivity contribution in [2.75, 3.05) is 5.32 Å². The number of nitrogens with one attached hydrogen (secondary N) is 1. The average Bonchev–Trinajstić information content (AvgIpc) is 3.11. The van der Waals surface area contributed by atoms with Crippen molar-refractivity contribution in [3.8, 4) is 10.6 Å². The predicted octanol–water partition coefficient (Wildman–Crippen LogP) is 5.05. The molecule has 0 aliphatic rings. The zero-order valence-corrected chi connectivity index (χ0v) is 14.3. The van der Waals surface area contributed by atoms with Crippen LogP contribution in [0.25, 0.3) is 10.6 Å². The molecule has 0 atom stereocenters. The topological polar surface area (TPSA) is 42.0 Å². The van der Waals surface area contributed by atoms with E-state index < -0.39 is 0 Å². The number of hydrogen-bond donors (Lipinski definition) is 1. The molecule has 0 bridgehead atoms. The summed E-state index contributed by atoms with van der Waals surface area (Å²) in [5, 5.41) is 7.96. The number of hydrogen-bond acceptors (Lipinski definition) is 4. The monoisotopic (exact) mass is 328 g/mol. The number of aryl methyl sites for hydroxylation is 3. The fourth-order valence-corrected chi connectivity index (χ4v) is 3.84. The number of carbonyl (C=O) groups excluding carboxylic acids is 1. The fourth-order valence-electron chi connectivity index (χ4n) is 2.17. The Labute approximate surface area is 137 Å². The maximum Gasteiger partial charge on any atom is 0.267 e. The van der Waals surface area contributed by atoms with Crippen LogP contribution in [0.4, 0.5) is 5.69 Å². The van der Waals surface area contributed by atoms with E-state index in [1.165, 1.54) is 11.3 Å². The van der Waals surface area contributed by atoms with E-state index in [1.807, 2.05) is 55.8 Å². The molecule has 3 aromatic rings. The summed E-state index contributed by atoms with van der Waals surface area (Å²) >= 11 is 3.07. The number of benzene rings is 1. The van der Waals surface area contributed by atoms with Gasteiger partial charge in [0.05, 0.1) is 5.69 Å². The minimum absolute atomic E-state index is 0.0924. The lowest BCUT2D eigenvalue weighted by molar-refractivity contribution is 0.102. The van der Waals surface area contributed by atoms with Crippen molar-refractivity contribution in [2.45, 2.75) is 20.8 Å². The normalized spacial score (nSPS) is 10.7. The SMILES string of the molecule is Cc1ccc(C)c(NC(=O)c2sc(-c3ccsc3)nc2C)c1. The summed E-state index contributed by atoms with van der Waals surface area (Å²) in [6, 6.07) is 8.07. The van der Waals surface area contributed by atoms with E-state index in [4.69, 9.17) is 0 Å². The van der Waals surface area contributed by atoms with Crippen LogP contribution in [0.2, 0.25) is 0 Å². The second-order valence-electron chi connectivity index (χ2n) is 5.22. The summed E-state index contributed by atoms with van der Waals surface area (Å²) in [4.78, 5) is 17.7. The molecule has 0 saturated carbocycles. The van der Waals surface area contributed by atoms with Crippen LogP contribution in [0.3, 0.4) is 0 Å². The fraction of sp³-hybridized carbons (Fsp3) is 0.176. The number of nitrogens with zero attached hydrogens (tertiary/aromatic N) is 1. The molecule has 1 N–H and O–H groups in total. The number of aromatic nitrogens is 1. The van der Waals surface area contributed by atoms with Crippen molar-refractivity contribution in [2.24, 2.45) is 0 Å². The predicted molar refractivity (Wildman–Crippen MR) is 94.0 cm³/mol.